The van der Waals surface area contributed by atoms with Gasteiger partial charge in [-0.15, -0.1) is 0 Å². The lowest BCUT2D eigenvalue weighted by Crippen LogP contribution is -1.95. The van der Waals surface area contributed by atoms with Gasteiger partial charge in [0.05, 0.1) is 11.0 Å². The fraction of sp³-hybridized carbons (Fsp3) is 0. The minimum atomic E-state index is 1.15. The first-order valence-electron chi connectivity index (χ1n) is 22.6. The lowest BCUT2D eigenvalue weighted by atomic mass is 9.84. The van der Waals surface area contributed by atoms with Crippen LogP contribution in [-0.4, -0.2) is 4.57 Å². The smallest absolute Gasteiger partial charge is 0.0547 e. The highest BCUT2D eigenvalue weighted by atomic mass is 15.0. The van der Waals surface area contributed by atoms with Crippen LogP contribution in [0.1, 0.15) is 0 Å². The van der Waals surface area contributed by atoms with Gasteiger partial charge in [0.25, 0.3) is 0 Å². The summed E-state index contributed by atoms with van der Waals surface area (Å²) in [5.74, 6) is 0. The van der Waals surface area contributed by atoms with E-state index in [9.17, 15) is 0 Å². The van der Waals surface area contributed by atoms with Gasteiger partial charge in [-0.1, -0.05) is 182 Å². The minimum absolute atomic E-state index is 1.15. The van der Waals surface area contributed by atoms with Crippen molar-refractivity contribution in [3.8, 4) is 39.1 Å². The molecule has 14 rings (SSSR count). The molecule has 1 nitrogen and oxygen atoms in total. The van der Waals surface area contributed by atoms with Crippen molar-refractivity contribution in [1.29, 1.82) is 0 Å². The Kier molecular flexibility index (Phi) is 7.75. The maximum Gasteiger partial charge on any atom is 0.0547 e. The standard InChI is InChI=1S/C64H39N/c1-2-14-44-35-47(22-21-40(44)11-1)49-27-32-57-58(39-49)62(50-24-23-48-36-45-15-3-4-16-46(45)37-51(48)38-50)56-20-10-9-19-55(56)61(57)43-25-30-52(31-26-43)65-59-33-28-41-12-5-7-17-53(41)63(59)64-54-18-8-6-13-42(54)29-34-60(64)65/h1-39H. The topological polar surface area (TPSA) is 4.93 Å². The summed E-state index contributed by atoms with van der Waals surface area (Å²) in [7, 11) is 0. The summed E-state index contributed by atoms with van der Waals surface area (Å²) in [6.07, 6.45) is 0. The molecule has 0 spiro atoms. The lowest BCUT2D eigenvalue weighted by molar-refractivity contribution is 1.18. The highest BCUT2D eigenvalue weighted by molar-refractivity contribution is 6.29. The first kappa shape index (κ1) is 36.0. The van der Waals surface area contributed by atoms with Crippen LogP contribution in [0, 0.1) is 0 Å². The van der Waals surface area contributed by atoms with E-state index in [0.29, 0.717) is 0 Å². The van der Waals surface area contributed by atoms with Crippen LogP contribution < -0.4 is 0 Å². The molecule has 1 heterocycles. The molecule has 0 aliphatic rings. The molecule has 13 aromatic carbocycles. The first-order valence-corrected chi connectivity index (χ1v) is 22.6. The first-order chi connectivity index (χ1) is 32.2. The quantitative estimate of drug-likeness (QED) is 0.156. The van der Waals surface area contributed by atoms with Gasteiger partial charge in [-0.25, -0.2) is 0 Å². The Hall–Kier alpha value is -8.52. The van der Waals surface area contributed by atoms with E-state index in [1.807, 2.05) is 0 Å². The van der Waals surface area contributed by atoms with E-state index in [2.05, 4.69) is 241 Å². The van der Waals surface area contributed by atoms with Gasteiger partial charge >= 0.3 is 0 Å². The zero-order valence-electron chi connectivity index (χ0n) is 35.5. The third kappa shape index (κ3) is 5.52. The monoisotopic (exact) mass is 821 g/mol. The van der Waals surface area contributed by atoms with Crippen LogP contribution in [0.5, 0.6) is 0 Å². The minimum Gasteiger partial charge on any atom is -0.309 e. The molecular formula is C64H39N. The molecule has 300 valence electrons. The summed E-state index contributed by atoms with van der Waals surface area (Å²) in [6, 6.07) is 88.1. The molecule has 0 amide bonds. The maximum atomic E-state index is 2.46. The van der Waals surface area contributed by atoms with Crippen LogP contribution in [-0.2, 0) is 0 Å². The second-order valence-electron chi connectivity index (χ2n) is 17.6. The number of nitrogens with zero attached hydrogens (tertiary/aromatic N) is 1. The number of hydrogen-bond donors (Lipinski definition) is 0. The van der Waals surface area contributed by atoms with E-state index in [0.717, 1.165) is 5.69 Å². The Balaban J connectivity index is 1.01. The number of benzene rings is 13. The van der Waals surface area contributed by atoms with E-state index in [-0.39, 0.29) is 0 Å². The molecule has 0 saturated carbocycles. The molecule has 0 N–H and O–H groups in total. The molecule has 0 saturated heterocycles. The summed E-state index contributed by atoms with van der Waals surface area (Å²) in [5, 5.41) is 20.2. The van der Waals surface area contributed by atoms with Gasteiger partial charge in [-0.3, -0.25) is 0 Å². The lowest BCUT2D eigenvalue weighted by Gasteiger charge is -2.19. The average molecular weight is 822 g/mol. The Labute approximate surface area is 375 Å². The van der Waals surface area contributed by atoms with Crippen molar-refractivity contribution in [3.63, 3.8) is 0 Å². The predicted molar refractivity (Wildman–Crippen MR) is 280 cm³/mol. The zero-order chi connectivity index (χ0) is 42.6. The van der Waals surface area contributed by atoms with Crippen molar-refractivity contribution in [3.05, 3.63) is 237 Å². The van der Waals surface area contributed by atoms with Gasteiger partial charge < -0.3 is 4.57 Å². The van der Waals surface area contributed by atoms with Crippen LogP contribution in [0.25, 0.3) is 136 Å². The van der Waals surface area contributed by atoms with Crippen molar-refractivity contribution < 1.29 is 0 Å². The van der Waals surface area contributed by atoms with Gasteiger partial charge in [0.15, 0.2) is 0 Å². The molecule has 1 heteroatoms. The van der Waals surface area contributed by atoms with Crippen molar-refractivity contribution in [2.75, 3.05) is 0 Å². The molecule has 0 unspecified atom stereocenters. The molecule has 65 heavy (non-hydrogen) atoms. The van der Waals surface area contributed by atoms with E-state index >= 15 is 0 Å². The van der Waals surface area contributed by atoms with Crippen LogP contribution in [0.15, 0.2) is 237 Å². The third-order valence-corrected chi connectivity index (χ3v) is 14.1. The second-order valence-corrected chi connectivity index (χ2v) is 17.6. The van der Waals surface area contributed by atoms with E-state index in [1.165, 1.54) is 131 Å². The number of aromatic nitrogens is 1. The summed E-state index contributed by atoms with van der Waals surface area (Å²) in [6.45, 7) is 0. The van der Waals surface area contributed by atoms with E-state index in [1.54, 1.807) is 0 Å². The molecule has 0 aliphatic heterocycles. The Bertz CT molecular complexity index is 4190. The van der Waals surface area contributed by atoms with Crippen molar-refractivity contribution >= 4 is 97.2 Å². The highest BCUT2D eigenvalue weighted by Gasteiger charge is 2.20. The van der Waals surface area contributed by atoms with Gasteiger partial charge in [-0.2, -0.15) is 0 Å². The Morgan fingerprint density at radius 2 is 0.615 bits per heavy atom. The van der Waals surface area contributed by atoms with E-state index < -0.39 is 0 Å². The fourth-order valence-corrected chi connectivity index (χ4v) is 11.0. The molecule has 0 fully saturated rings. The average Bonchev–Trinajstić information content (AvgIpc) is 3.72. The van der Waals surface area contributed by atoms with E-state index in [4.69, 9.17) is 0 Å². The van der Waals surface area contributed by atoms with Crippen LogP contribution in [0.3, 0.4) is 0 Å². The molecule has 1 aromatic heterocycles. The normalized spacial score (nSPS) is 12.0. The molecular weight excluding hydrogens is 783 g/mol. The van der Waals surface area contributed by atoms with Crippen LogP contribution in [0.2, 0.25) is 0 Å². The molecule has 0 bridgehead atoms. The van der Waals surface area contributed by atoms with Gasteiger partial charge in [0.1, 0.15) is 0 Å². The summed E-state index contributed by atoms with van der Waals surface area (Å²) in [4.78, 5) is 0. The summed E-state index contributed by atoms with van der Waals surface area (Å²) >= 11 is 0. The van der Waals surface area contributed by atoms with Gasteiger partial charge in [0, 0.05) is 16.5 Å². The maximum absolute atomic E-state index is 2.46. The number of hydrogen-bond acceptors (Lipinski definition) is 0. The SMILES string of the molecule is c1ccc2cc(-c3ccc4c(-c5ccc(-n6c7ccc8ccccc8c7c7c8ccccc8ccc76)cc5)c5ccccc5c(-c5ccc6cc7ccccc7cc6c5)c4c3)ccc2c1. The number of rotatable bonds is 4. The largest absolute Gasteiger partial charge is 0.309 e. The molecule has 0 radical (unpaired) electrons. The van der Waals surface area contributed by atoms with Crippen molar-refractivity contribution in [1.82, 2.24) is 4.57 Å². The summed E-state index contributed by atoms with van der Waals surface area (Å²) < 4.78 is 2.46. The molecule has 0 aliphatic carbocycles. The molecule has 14 aromatic rings. The van der Waals surface area contributed by atoms with Crippen molar-refractivity contribution in [2.24, 2.45) is 0 Å². The predicted octanol–water partition coefficient (Wildman–Crippen LogP) is 17.9. The van der Waals surface area contributed by atoms with Crippen molar-refractivity contribution in [2.45, 2.75) is 0 Å². The highest BCUT2D eigenvalue weighted by Crippen LogP contribution is 2.47. The van der Waals surface area contributed by atoms with Crippen LogP contribution >= 0.6 is 0 Å². The van der Waals surface area contributed by atoms with Gasteiger partial charge in [0.2, 0.25) is 0 Å². The zero-order valence-corrected chi connectivity index (χ0v) is 35.5. The fourth-order valence-electron chi connectivity index (χ4n) is 11.0. The van der Waals surface area contributed by atoms with Gasteiger partial charge in [-0.05, 0) is 163 Å². The third-order valence-electron chi connectivity index (χ3n) is 14.1. The number of fused-ring (bicyclic) bond motifs is 12. The molecule has 0 atom stereocenters. The Morgan fingerprint density at radius 3 is 1.26 bits per heavy atom. The van der Waals surface area contributed by atoms with Crippen LogP contribution in [0.4, 0.5) is 0 Å². The Morgan fingerprint density at radius 1 is 0.215 bits per heavy atom. The summed E-state index contributed by atoms with van der Waals surface area (Å²) in [5.41, 5.74) is 10.9. The second kappa shape index (κ2) is 14.0.